The number of nitrogens with one attached hydrogen (secondary N) is 1. The Balaban J connectivity index is 1.52. The van der Waals surface area contributed by atoms with Crippen LogP contribution in [-0.4, -0.2) is 35.5 Å². The SMILES string of the molecule is CN(CCOc1ccc(/C=C2\NC(=O)SC2=O)cc1)c1ccccn1. The van der Waals surface area contributed by atoms with Crippen LogP contribution in [0.15, 0.2) is 54.4 Å². The van der Waals surface area contributed by atoms with Gasteiger partial charge in [0.1, 0.15) is 18.2 Å². The van der Waals surface area contributed by atoms with Crippen molar-refractivity contribution in [3.63, 3.8) is 0 Å². The smallest absolute Gasteiger partial charge is 0.291 e. The van der Waals surface area contributed by atoms with E-state index in [2.05, 4.69) is 10.3 Å². The monoisotopic (exact) mass is 355 g/mol. The van der Waals surface area contributed by atoms with Crippen LogP contribution in [0.3, 0.4) is 0 Å². The summed E-state index contributed by atoms with van der Waals surface area (Å²) in [6.07, 6.45) is 3.41. The van der Waals surface area contributed by atoms with E-state index in [-0.39, 0.29) is 10.4 Å². The first-order chi connectivity index (χ1) is 12.1. The molecule has 1 amide bonds. The highest BCUT2D eigenvalue weighted by Gasteiger charge is 2.25. The highest BCUT2D eigenvalue weighted by molar-refractivity contribution is 8.27. The van der Waals surface area contributed by atoms with Crippen LogP contribution in [0.25, 0.3) is 6.08 Å². The molecule has 7 heteroatoms. The number of carbonyl (C=O) groups excluding carboxylic acids is 2. The summed E-state index contributed by atoms with van der Waals surface area (Å²) in [6.45, 7) is 1.24. The molecular formula is C18H17N3O3S. The van der Waals surface area contributed by atoms with Gasteiger partial charge in [0.05, 0.1) is 12.2 Å². The molecule has 0 saturated carbocycles. The van der Waals surface area contributed by atoms with E-state index in [1.54, 1.807) is 12.3 Å². The molecule has 0 bridgehead atoms. The number of carbonyl (C=O) groups is 2. The molecule has 128 valence electrons. The quantitative estimate of drug-likeness (QED) is 0.804. The zero-order valence-electron chi connectivity index (χ0n) is 13.6. The summed E-state index contributed by atoms with van der Waals surface area (Å²) in [4.78, 5) is 29.0. The largest absolute Gasteiger partial charge is 0.492 e. The Labute approximate surface area is 149 Å². The predicted octanol–water partition coefficient (Wildman–Crippen LogP) is 2.92. The number of thioether (sulfide) groups is 1. The highest BCUT2D eigenvalue weighted by Crippen LogP contribution is 2.21. The summed E-state index contributed by atoms with van der Waals surface area (Å²) < 4.78 is 5.73. The van der Waals surface area contributed by atoms with Crippen molar-refractivity contribution in [1.82, 2.24) is 10.3 Å². The number of nitrogens with zero attached hydrogens (tertiary/aromatic N) is 2. The third kappa shape index (κ3) is 4.60. The van der Waals surface area contributed by atoms with Gasteiger partial charge in [-0.05, 0) is 35.9 Å². The Kier molecular flexibility index (Phi) is 5.35. The molecule has 0 unspecified atom stereocenters. The van der Waals surface area contributed by atoms with Crippen molar-refractivity contribution in [2.75, 3.05) is 25.1 Å². The normalized spacial score (nSPS) is 15.3. The van der Waals surface area contributed by atoms with Crippen LogP contribution in [-0.2, 0) is 4.79 Å². The molecule has 2 heterocycles. The van der Waals surface area contributed by atoms with Gasteiger partial charge in [-0.3, -0.25) is 9.59 Å². The van der Waals surface area contributed by atoms with Gasteiger partial charge in [0.2, 0.25) is 5.12 Å². The van der Waals surface area contributed by atoms with Crippen LogP contribution >= 0.6 is 11.8 Å². The lowest BCUT2D eigenvalue weighted by atomic mass is 10.2. The fourth-order valence-corrected chi connectivity index (χ4v) is 2.79. The Hall–Kier alpha value is -2.80. The molecule has 0 aliphatic carbocycles. The van der Waals surface area contributed by atoms with E-state index >= 15 is 0 Å². The number of hydrogen-bond donors (Lipinski definition) is 1. The van der Waals surface area contributed by atoms with Crippen molar-refractivity contribution < 1.29 is 14.3 Å². The molecule has 2 aromatic rings. The molecule has 1 aliphatic heterocycles. The number of ether oxygens (including phenoxy) is 1. The first-order valence-corrected chi connectivity index (χ1v) is 8.53. The number of anilines is 1. The maximum Gasteiger partial charge on any atom is 0.291 e. The van der Waals surface area contributed by atoms with E-state index in [0.717, 1.165) is 17.1 Å². The Bertz CT molecular complexity index is 791. The number of hydrogen-bond acceptors (Lipinski definition) is 6. The predicted molar refractivity (Wildman–Crippen MR) is 98.6 cm³/mol. The number of likely N-dealkylation sites (N-methyl/N-ethyl adjacent to an activating group) is 1. The second-order valence-corrected chi connectivity index (χ2v) is 6.33. The Morgan fingerprint density at radius 3 is 2.64 bits per heavy atom. The van der Waals surface area contributed by atoms with Gasteiger partial charge in [-0.25, -0.2) is 4.98 Å². The van der Waals surface area contributed by atoms with Crippen LogP contribution in [0.1, 0.15) is 5.56 Å². The minimum atomic E-state index is -0.340. The standard InChI is InChI=1S/C18H17N3O3S/c1-21(16-4-2-3-9-19-16)10-11-24-14-7-5-13(6-8-14)12-15-17(22)25-18(23)20-15/h2-9,12H,10-11H2,1H3,(H,20,23)/b15-12-. The fraction of sp³-hybridized carbons (Fsp3) is 0.167. The Morgan fingerprint density at radius 2 is 2.00 bits per heavy atom. The summed E-state index contributed by atoms with van der Waals surface area (Å²) in [5.41, 5.74) is 1.13. The lowest BCUT2D eigenvalue weighted by Crippen LogP contribution is -2.24. The van der Waals surface area contributed by atoms with Gasteiger partial charge >= 0.3 is 0 Å². The molecule has 1 aliphatic rings. The molecule has 0 atom stereocenters. The molecule has 1 saturated heterocycles. The average Bonchev–Trinajstić information content (AvgIpc) is 2.94. The van der Waals surface area contributed by atoms with Crippen molar-refractivity contribution >= 4 is 34.0 Å². The molecule has 1 aromatic heterocycles. The van der Waals surface area contributed by atoms with Crippen LogP contribution in [0.2, 0.25) is 0 Å². The summed E-state index contributed by atoms with van der Waals surface area (Å²) in [5, 5.41) is 1.92. The zero-order valence-corrected chi connectivity index (χ0v) is 14.5. The lowest BCUT2D eigenvalue weighted by Gasteiger charge is -2.18. The summed E-state index contributed by atoms with van der Waals surface area (Å²) in [6, 6.07) is 13.1. The Morgan fingerprint density at radius 1 is 1.20 bits per heavy atom. The molecule has 0 radical (unpaired) electrons. The van der Waals surface area contributed by atoms with E-state index in [0.29, 0.717) is 30.6 Å². The van der Waals surface area contributed by atoms with Crippen molar-refractivity contribution in [3.8, 4) is 5.75 Å². The van der Waals surface area contributed by atoms with Crippen molar-refractivity contribution in [2.45, 2.75) is 0 Å². The number of amides is 1. The maximum absolute atomic E-state index is 11.6. The summed E-state index contributed by atoms with van der Waals surface area (Å²) >= 11 is 0.671. The zero-order chi connectivity index (χ0) is 17.6. The molecule has 1 N–H and O–H groups in total. The van der Waals surface area contributed by atoms with E-state index < -0.39 is 0 Å². The van der Waals surface area contributed by atoms with Crippen molar-refractivity contribution in [3.05, 3.63) is 59.9 Å². The molecule has 3 rings (SSSR count). The third-order valence-electron chi connectivity index (χ3n) is 3.57. The first-order valence-electron chi connectivity index (χ1n) is 7.72. The second kappa shape index (κ2) is 7.85. The topological polar surface area (TPSA) is 71.5 Å². The van der Waals surface area contributed by atoms with E-state index in [1.807, 2.05) is 54.4 Å². The average molecular weight is 355 g/mol. The van der Waals surface area contributed by atoms with Crippen LogP contribution in [0.5, 0.6) is 5.75 Å². The molecular weight excluding hydrogens is 338 g/mol. The van der Waals surface area contributed by atoms with Gasteiger partial charge in [-0.15, -0.1) is 0 Å². The van der Waals surface area contributed by atoms with E-state index in [4.69, 9.17) is 4.74 Å². The van der Waals surface area contributed by atoms with Gasteiger partial charge in [-0.2, -0.15) is 0 Å². The summed E-state index contributed by atoms with van der Waals surface area (Å²) in [7, 11) is 1.96. The van der Waals surface area contributed by atoms with Crippen LogP contribution < -0.4 is 15.0 Å². The number of aromatic nitrogens is 1. The molecule has 25 heavy (non-hydrogen) atoms. The van der Waals surface area contributed by atoms with Gasteiger partial charge in [0.25, 0.3) is 5.24 Å². The highest BCUT2D eigenvalue weighted by atomic mass is 32.2. The van der Waals surface area contributed by atoms with Crippen LogP contribution in [0, 0.1) is 0 Å². The number of rotatable bonds is 6. The van der Waals surface area contributed by atoms with Crippen molar-refractivity contribution in [2.24, 2.45) is 0 Å². The lowest BCUT2D eigenvalue weighted by molar-refractivity contribution is -0.107. The first kappa shape index (κ1) is 17.0. The minimum absolute atomic E-state index is 0.261. The van der Waals surface area contributed by atoms with Gasteiger partial charge in [0.15, 0.2) is 0 Å². The van der Waals surface area contributed by atoms with Crippen molar-refractivity contribution in [1.29, 1.82) is 0 Å². The van der Waals surface area contributed by atoms with Crippen LogP contribution in [0.4, 0.5) is 10.6 Å². The van der Waals surface area contributed by atoms with Gasteiger partial charge in [0, 0.05) is 25.0 Å². The number of pyridine rings is 1. The second-order valence-electron chi connectivity index (χ2n) is 5.39. The van der Waals surface area contributed by atoms with E-state index in [1.165, 1.54) is 0 Å². The fourth-order valence-electron chi connectivity index (χ4n) is 2.24. The van der Waals surface area contributed by atoms with Gasteiger partial charge in [-0.1, -0.05) is 18.2 Å². The molecule has 0 spiro atoms. The summed E-state index contributed by atoms with van der Waals surface area (Å²) in [5.74, 6) is 1.64. The number of benzene rings is 1. The molecule has 1 aromatic carbocycles. The minimum Gasteiger partial charge on any atom is -0.492 e. The molecule has 6 nitrogen and oxygen atoms in total. The van der Waals surface area contributed by atoms with Gasteiger partial charge < -0.3 is 15.0 Å². The molecule has 1 fully saturated rings. The third-order valence-corrected chi connectivity index (χ3v) is 4.26. The maximum atomic E-state index is 11.6. The van der Waals surface area contributed by atoms with E-state index in [9.17, 15) is 9.59 Å².